The first-order valence-electron chi connectivity index (χ1n) is 9.53. The second-order valence-corrected chi connectivity index (χ2v) is 9.15. The lowest BCUT2D eigenvalue weighted by Crippen LogP contribution is -2.14. The monoisotopic (exact) mass is 586 g/mol. The summed E-state index contributed by atoms with van der Waals surface area (Å²) in [6.07, 6.45) is 1.56. The summed E-state index contributed by atoms with van der Waals surface area (Å²) >= 11 is 5.78. The van der Waals surface area contributed by atoms with Gasteiger partial charge in [0.25, 0.3) is 5.91 Å². The number of benzene rings is 3. The van der Waals surface area contributed by atoms with Gasteiger partial charge in [-0.15, -0.1) is 0 Å². The minimum Gasteiger partial charge on any atom is -0.488 e. The van der Waals surface area contributed by atoms with Crippen LogP contribution in [0.2, 0.25) is 0 Å². The fourth-order valence-electron chi connectivity index (χ4n) is 2.84. The molecule has 0 saturated heterocycles. The highest BCUT2D eigenvalue weighted by Gasteiger charge is 2.12. The van der Waals surface area contributed by atoms with Crippen LogP contribution in [0.3, 0.4) is 0 Å². The van der Waals surface area contributed by atoms with Crippen molar-refractivity contribution in [1.29, 1.82) is 5.26 Å². The van der Waals surface area contributed by atoms with Crippen LogP contribution in [0, 0.1) is 28.7 Å². The number of anilines is 1. The molecule has 0 aliphatic carbocycles. The summed E-state index contributed by atoms with van der Waals surface area (Å²) in [4.78, 5) is 12.6. The Morgan fingerprint density at radius 3 is 2.55 bits per heavy atom. The first kappa shape index (κ1) is 23.0. The minimum absolute atomic E-state index is 0.0281. The van der Waals surface area contributed by atoms with Gasteiger partial charge < -0.3 is 10.1 Å². The molecule has 0 saturated carbocycles. The maximum Gasteiger partial charge on any atom is 0.266 e. The summed E-state index contributed by atoms with van der Waals surface area (Å²) in [5, 5.41) is 12.3. The molecule has 0 bridgehead atoms. The van der Waals surface area contributed by atoms with E-state index in [0.29, 0.717) is 18.0 Å². The van der Waals surface area contributed by atoms with Gasteiger partial charge in [-0.2, -0.15) is 5.26 Å². The Hall–Kier alpha value is -2.63. The van der Waals surface area contributed by atoms with Gasteiger partial charge >= 0.3 is 0 Å². The molecule has 3 aromatic carbocycles. The summed E-state index contributed by atoms with van der Waals surface area (Å²) in [5.41, 5.74) is 4.50. The van der Waals surface area contributed by atoms with Crippen molar-refractivity contribution in [3.05, 3.63) is 96.5 Å². The number of nitrogens with one attached hydrogen (secondary N) is 1. The lowest BCUT2D eigenvalue weighted by molar-refractivity contribution is -0.112. The number of amides is 1. The van der Waals surface area contributed by atoms with Crippen LogP contribution in [0.4, 0.5) is 5.69 Å². The Kier molecular flexibility index (Phi) is 7.88. The highest BCUT2D eigenvalue weighted by atomic mass is 127. The molecule has 0 unspecified atom stereocenters. The quantitative estimate of drug-likeness (QED) is 0.196. The van der Waals surface area contributed by atoms with E-state index in [-0.39, 0.29) is 5.57 Å². The molecule has 0 fully saturated rings. The van der Waals surface area contributed by atoms with Crippen LogP contribution in [0.15, 0.2) is 70.7 Å². The predicted molar refractivity (Wildman–Crippen MR) is 136 cm³/mol. The number of rotatable bonds is 6. The minimum atomic E-state index is -0.439. The van der Waals surface area contributed by atoms with Crippen molar-refractivity contribution in [2.45, 2.75) is 20.5 Å². The lowest BCUT2D eigenvalue weighted by Gasteiger charge is -2.10. The molecule has 1 N–H and O–H groups in total. The van der Waals surface area contributed by atoms with E-state index in [1.54, 1.807) is 6.08 Å². The van der Waals surface area contributed by atoms with Crippen molar-refractivity contribution in [3.8, 4) is 11.8 Å². The molecule has 1 amide bonds. The van der Waals surface area contributed by atoms with Crippen molar-refractivity contribution in [2.24, 2.45) is 0 Å². The third kappa shape index (κ3) is 6.42. The topological polar surface area (TPSA) is 62.1 Å². The molecule has 0 spiro atoms. The van der Waals surface area contributed by atoms with E-state index in [9.17, 15) is 10.1 Å². The van der Waals surface area contributed by atoms with Gasteiger partial charge in [0.15, 0.2) is 0 Å². The van der Waals surface area contributed by atoms with Crippen LogP contribution in [-0.2, 0) is 11.4 Å². The second kappa shape index (κ2) is 10.6. The van der Waals surface area contributed by atoms with Crippen molar-refractivity contribution in [2.75, 3.05) is 5.32 Å². The maximum absolute atomic E-state index is 12.6. The van der Waals surface area contributed by atoms with E-state index in [4.69, 9.17) is 4.74 Å². The summed E-state index contributed by atoms with van der Waals surface area (Å²) in [7, 11) is 0. The number of aryl methyl sites for hydroxylation is 2. The number of carbonyl (C=O) groups is 1. The first-order chi connectivity index (χ1) is 14.9. The third-order valence-corrected chi connectivity index (χ3v) is 5.92. The van der Waals surface area contributed by atoms with Gasteiger partial charge in [-0.25, -0.2) is 0 Å². The number of hydrogen-bond donors (Lipinski definition) is 1. The molecular weight excluding hydrogens is 567 g/mol. The van der Waals surface area contributed by atoms with Crippen LogP contribution in [0.1, 0.15) is 22.3 Å². The Balaban J connectivity index is 1.72. The Morgan fingerprint density at radius 2 is 1.87 bits per heavy atom. The highest BCUT2D eigenvalue weighted by molar-refractivity contribution is 14.1. The zero-order valence-corrected chi connectivity index (χ0v) is 20.8. The first-order valence-corrected chi connectivity index (χ1v) is 11.4. The van der Waals surface area contributed by atoms with Gasteiger partial charge in [-0.3, -0.25) is 4.79 Å². The smallest absolute Gasteiger partial charge is 0.266 e. The molecule has 0 radical (unpaired) electrons. The van der Waals surface area contributed by atoms with Crippen LogP contribution in [0.25, 0.3) is 6.08 Å². The lowest BCUT2D eigenvalue weighted by atomic mass is 10.1. The summed E-state index contributed by atoms with van der Waals surface area (Å²) in [5.74, 6) is 0.250. The highest BCUT2D eigenvalue weighted by Crippen LogP contribution is 2.28. The largest absolute Gasteiger partial charge is 0.488 e. The number of hydrogen-bond acceptors (Lipinski definition) is 3. The summed E-state index contributed by atoms with van der Waals surface area (Å²) in [6.45, 7) is 4.32. The molecule has 3 rings (SSSR count). The Bertz CT molecular complexity index is 1180. The molecule has 0 heterocycles. The van der Waals surface area contributed by atoms with Crippen molar-refractivity contribution >= 4 is 56.2 Å². The number of ether oxygens (including phenoxy) is 1. The standard InChI is InChI=1S/C25H20BrIN2O2/c1-16-3-4-17(2)23(11-16)29-25(30)20(14-28)12-19-7-10-24(22(26)13-19)31-15-18-5-8-21(27)9-6-18/h3-13H,15H2,1-2H3,(H,29,30)/b20-12+. The van der Waals surface area contributed by atoms with Crippen molar-refractivity contribution < 1.29 is 9.53 Å². The van der Waals surface area contributed by atoms with E-state index in [1.165, 1.54) is 3.57 Å². The molecular formula is C25H20BrIN2O2. The molecule has 0 aliphatic rings. The number of carbonyl (C=O) groups excluding carboxylic acids is 1. The number of halogens is 2. The second-order valence-electron chi connectivity index (χ2n) is 7.05. The molecule has 0 aromatic heterocycles. The number of nitriles is 1. The zero-order chi connectivity index (χ0) is 22.4. The maximum atomic E-state index is 12.6. The van der Waals surface area contributed by atoms with Gasteiger partial charge in [0, 0.05) is 9.26 Å². The fourth-order valence-corrected chi connectivity index (χ4v) is 3.71. The fraction of sp³-hybridized carbons (Fsp3) is 0.120. The van der Waals surface area contributed by atoms with Crippen LogP contribution in [-0.4, -0.2) is 5.91 Å². The molecule has 156 valence electrons. The summed E-state index contributed by atoms with van der Waals surface area (Å²) < 4.78 is 7.81. The van der Waals surface area contributed by atoms with Crippen molar-refractivity contribution in [3.63, 3.8) is 0 Å². The van der Waals surface area contributed by atoms with Crippen LogP contribution in [0.5, 0.6) is 5.75 Å². The average molecular weight is 587 g/mol. The van der Waals surface area contributed by atoms with E-state index in [0.717, 1.165) is 26.7 Å². The van der Waals surface area contributed by atoms with Gasteiger partial charge in [-0.05, 0) is 111 Å². The van der Waals surface area contributed by atoms with E-state index in [2.05, 4.69) is 43.8 Å². The van der Waals surface area contributed by atoms with Gasteiger partial charge in [0.1, 0.15) is 24.0 Å². The van der Waals surface area contributed by atoms with Crippen LogP contribution < -0.4 is 10.1 Å². The zero-order valence-electron chi connectivity index (χ0n) is 17.1. The van der Waals surface area contributed by atoms with Gasteiger partial charge in [-0.1, -0.05) is 30.3 Å². The summed E-state index contributed by atoms with van der Waals surface area (Å²) in [6, 6.07) is 21.4. The molecule has 0 aliphatic heterocycles. The molecule has 3 aromatic rings. The average Bonchev–Trinajstić information content (AvgIpc) is 2.75. The predicted octanol–water partition coefficient (Wildman–Crippen LogP) is 6.80. The third-order valence-electron chi connectivity index (χ3n) is 4.58. The van der Waals surface area contributed by atoms with E-state index in [1.807, 2.05) is 80.6 Å². The van der Waals surface area contributed by atoms with E-state index < -0.39 is 5.91 Å². The molecule has 31 heavy (non-hydrogen) atoms. The number of nitrogens with zero attached hydrogens (tertiary/aromatic N) is 1. The Morgan fingerprint density at radius 1 is 1.13 bits per heavy atom. The normalized spacial score (nSPS) is 11.0. The van der Waals surface area contributed by atoms with Crippen LogP contribution >= 0.6 is 38.5 Å². The Labute approximate surface area is 204 Å². The SMILES string of the molecule is Cc1ccc(C)c(NC(=O)/C(C#N)=C/c2ccc(OCc3ccc(I)cc3)c(Br)c2)c1. The molecule has 6 heteroatoms. The van der Waals surface area contributed by atoms with Crippen molar-refractivity contribution in [1.82, 2.24) is 0 Å². The molecule has 4 nitrogen and oxygen atoms in total. The van der Waals surface area contributed by atoms with E-state index >= 15 is 0 Å². The van der Waals surface area contributed by atoms with Gasteiger partial charge in [0.05, 0.1) is 4.47 Å². The van der Waals surface area contributed by atoms with Gasteiger partial charge in [0.2, 0.25) is 0 Å². The molecule has 0 atom stereocenters.